The van der Waals surface area contributed by atoms with Gasteiger partial charge >= 0.3 is 10.1 Å². The highest BCUT2D eigenvalue weighted by Gasteiger charge is 2.17. The van der Waals surface area contributed by atoms with Crippen LogP contribution in [-0.2, 0) is 23.2 Å². The molecule has 0 fully saturated rings. The fourth-order valence-corrected chi connectivity index (χ4v) is 3.33. The van der Waals surface area contributed by atoms with Crippen molar-refractivity contribution in [1.82, 2.24) is 4.90 Å². The molecule has 25 heavy (non-hydrogen) atoms. The van der Waals surface area contributed by atoms with Gasteiger partial charge in [-0.25, -0.2) is 0 Å². The van der Waals surface area contributed by atoms with Crippen molar-refractivity contribution in [3.05, 3.63) is 78.6 Å². The van der Waals surface area contributed by atoms with Gasteiger partial charge in [-0.1, -0.05) is 18.2 Å². The highest BCUT2D eigenvalue weighted by molar-refractivity contribution is 7.87. The molecular weight excluding hydrogens is 342 g/mol. The Morgan fingerprint density at radius 2 is 1.44 bits per heavy atom. The molecule has 3 rings (SSSR count). The van der Waals surface area contributed by atoms with E-state index in [4.69, 9.17) is 13.0 Å². The summed E-state index contributed by atoms with van der Waals surface area (Å²) < 4.78 is 40.3. The quantitative estimate of drug-likeness (QED) is 0.545. The van der Waals surface area contributed by atoms with Crippen LogP contribution < -0.4 is 4.18 Å². The van der Waals surface area contributed by atoms with Crippen LogP contribution in [0.15, 0.2) is 76.0 Å². The Labute approximate surface area is 146 Å². The number of hydrogen-bond acceptors (Lipinski definition) is 6. The molecule has 3 aromatic rings. The van der Waals surface area contributed by atoms with Gasteiger partial charge in [0, 0.05) is 6.54 Å². The van der Waals surface area contributed by atoms with Crippen LogP contribution in [0.4, 0.5) is 0 Å². The first-order chi connectivity index (χ1) is 12.1. The van der Waals surface area contributed by atoms with E-state index in [1.54, 1.807) is 55.0 Å². The molecule has 0 spiro atoms. The van der Waals surface area contributed by atoms with Crippen LogP contribution in [0.25, 0.3) is 0 Å². The second kappa shape index (κ2) is 8.04. The minimum absolute atomic E-state index is 0.136. The summed E-state index contributed by atoms with van der Waals surface area (Å²) in [6.45, 7) is 1.25. The molecule has 0 radical (unpaired) electrons. The monoisotopic (exact) mass is 361 g/mol. The third-order valence-electron chi connectivity index (χ3n) is 3.54. The normalized spacial score (nSPS) is 11.7. The molecule has 7 heteroatoms. The van der Waals surface area contributed by atoms with E-state index in [0.717, 1.165) is 11.5 Å². The lowest BCUT2D eigenvalue weighted by Gasteiger charge is -2.20. The number of hydrogen-bond donors (Lipinski definition) is 0. The molecule has 0 N–H and O–H groups in total. The van der Waals surface area contributed by atoms with E-state index in [1.165, 1.54) is 0 Å². The van der Waals surface area contributed by atoms with Gasteiger partial charge in [0.2, 0.25) is 0 Å². The zero-order valence-electron chi connectivity index (χ0n) is 13.6. The molecule has 2 heterocycles. The molecule has 1 aromatic carbocycles. The average Bonchev–Trinajstić information content (AvgIpc) is 3.27. The van der Waals surface area contributed by atoms with Gasteiger partial charge in [-0.3, -0.25) is 4.90 Å². The largest absolute Gasteiger partial charge is 0.468 e. The first kappa shape index (κ1) is 17.3. The van der Waals surface area contributed by atoms with E-state index in [0.29, 0.717) is 18.8 Å². The molecule has 0 amide bonds. The van der Waals surface area contributed by atoms with Crippen LogP contribution in [0.1, 0.15) is 11.5 Å². The number of benzene rings is 1. The molecular formula is C18H19NO5S. The van der Waals surface area contributed by atoms with Gasteiger partial charge in [-0.2, -0.15) is 8.42 Å². The van der Waals surface area contributed by atoms with Crippen LogP contribution in [0.5, 0.6) is 5.75 Å². The summed E-state index contributed by atoms with van der Waals surface area (Å²) >= 11 is 0. The summed E-state index contributed by atoms with van der Waals surface area (Å²) in [5.74, 6) is 1.69. The van der Waals surface area contributed by atoms with Crippen molar-refractivity contribution < 1.29 is 21.4 Å². The summed E-state index contributed by atoms with van der Waals surface area (Å²) in [7, 11) is -3.69. The zero-order chi connectivity index (χ0) is 17.5. The molecule has 0 bridgehead atoms. The van der Waals surface area contributed by atoms with Crippen LogP contribution in [0.3, 0.4) is 0 Å². The van der Waals surface area contributed by atoms with Crippen molar-refractivity contribution in [3.63, 3.8) is 0 Å². The maximum atomic E-state index is 12.2. The molecule has 0 aliphatic carbocycles. The van der Waals surface area contributed by atoms with E-state index in [9.17, 15) is 8.42 Å². The van der Waals surface area contributed by atoms with Gasteiger partial charge in [-0.05, 0) is 36.4 Å². The van der Waals surface area contributed by atoms with Crippen LogP contribution in [0.2, 0.25) is 0 Å². The SMILES string of the molecule is O=S(=O)(CCN(Cc1ccco1)Cc1ccco1)Oc1ccccc1. The van der Waals surface area contributed by atoms with Crippen molar-refractivity contribution in [2.45, 2.75) is 13.1 Å². The summed E-state index contributed by atoms with van der Waals surface area (Å²) in [5, 5.41) is 0. The van der Waals surface area contributed by atoms with Crippen molar-refractivity contribution in [2.24, 2.45) is 0 Å². The summed E-state index contributed by atoms with van der Waals surface area (Å²) in [4.78, 5) is 1.93. The van der Waals surface area contributed by atoms with Crippen molar-refractivity contribution in [1.29, 1.82) is 0 Å². The summed E-state index contributed by atoms with van der Waals surface area (Å²) in [6.07, 6.45) is 3.19. The van der Waals surface area contributed by atoms with E-state index < -0.39 is 10.1 Å². The topological polar surface area (TPSA) is 72.9 Å². The Kier molecular flexibility index (Phi) is 5.57. The number of furan rings is 2. The number of nitrogens with zero attached hydrogens (tertiary/aromatic N) is 1. The Balaban J connectivity index is 1.62. The van der Waals surface area contributed by atoms with E-state index >= 15 is 0 Å². The van der Waals surface area contributed by atoms with Crippen molar-refractivity contribution in [3.8, 4) is 5.75 Å². The first-order valence-corrected chi connectivity index (χ1v) is 9.43. The predicted molar refractivity (Wildman–Crippen MR) is 92.4 cm³/mol. The van der Waals surface area contributed by atoms with Crippen molar-refractivity contribution >= 4 is 10.1 Å². The highest BCUT2D eigenvalue weighted by atomic mass is 32.2. The maximum absolute atomic E-state index is 12.2. The van der Waals surface area contributed by atoms with Gasteiger partial charge in [0.25, 0.3) is 0 Å². The fourth-order valence-electron chi connectivity index (χ4n) is 2.37. The van der Waals surface area contributed by atoms with Gasteiger partial charge < -0.3 is 13.0 Å². The predicted octanol–water partition coefficient (Wildman–Crippen LogP) is 3.28. The lowest BCUT2D eigenvalue weighted by molar-refractivity contribution is 0.228. The third kappa shape index (κ3) is 5.51. The smallest absolute Gasteiger partial charge is 0.310 e. The van der Waals surface area contributed by atoms with Gasteiger partial charge in [0.1, 0.15) is 17.3 Å². The van der Waals surface area contributed by atoms with E-state index in [2.05, 4.69) is 0 Å². The number of rotatable bonds is 9. The number of para-hydroxylation sites is 1. The van der Waals surface area contributed by atoms with Crippen LogP contribution >= 0.6 is 0 Å². The summed E-state index contributed by atoms with van der Waals surface area (Å²) in [6, 6.07) is 15.8. The third-order valence-corrected chi connectivity index (χ3v) is 4.67. The minimum atomic E-state index is -3.69. The molecule has 0 atom stereocenters. The molecule has 0 saturated heterocycles. The molecule has 0 saturated carbocycles. The second-order valence-corrected chi connectivity index (χ2v) is 7.22. The minimum Gasteiger partial charge on any atom is -0.468 e. The fraction of sp³-hybridized carbons (Fsp3) is 0.222. The molecule has 6 nitrogen and oxygen atoms in total. The molecule has 0 aliphatic rings. The van der Waals surface area contributed by atoms with Crippen molar-refractivity contribution in [2.75, 3.05) is 12.3 Å². The Morgan fingerprint density at radius 1 is 0.840 bits per heavy atom. The Hall–Kier alpha value is -2.51. The van der Waals surface area contributed by atoms with Gasteiger partial charge in [0.15, 0.2) is 0 Å². The van der Waals surface area contributed by atoms with Gasteiger partial charge in [-0.15, -0.1) is 0 Å². The lowest BCUT2D eigenvalue weighted by Crippen LogP contribution is -2.30. The second-order valence-electron chi connectivity index (χ2n) is 5.53. The lowest BCUT2D eigenvalue weighted by atomic mass is 10.3. The van der Waals surface area contributed by atoms with E-state index in [-0.39, 0.29) is 12.3 Å². The van der Waals surface area contributed by atoms with E-state index in [1.807, 2.05) is 17.0 Å². The molecule has 2 aromatic heterocycles. The van der Waals surface area contributed by atoms with Crippen LogP contribution in [0, 0.1) is 0 Å². The Morgan fingerprint density at radius 3 is 1.96 bits per heavy atom. The highest BCUT2D eigenvalue weighted by Crippen LogP contribution is 2.14. The maximum Gasteiger partial charge on any atom is 0.310 e. The Bertz CT molecular complexity index is 806. The van der Waals surface area contributed by atoms with Gasteiger partial charge in [0.05, 0.1) is 31.4 Å². The molecule has 132 valence electrons. The summed E-state index contributed by atoms with van der Waals surface area (Å²) in [5.41, 5.74) is 0. The average molecular weight is 361 g/mol. The van der Waals surface area contributed by atoms with Crippen LogP contribution in [-0.4, -0.2) is 25.6 Å². The zero-order valence-corrected chi connectivity index (χ0v) is 14.4. The molecule has 0 aliphatic heterocycles. The first-order valence-electron chi connectivity index (χ1n) is 7.85. The standard InChI is InChI=1S/C18H19NO5S/c20-25(21,24-16-6-2-1-3-7-16)13-10-19(14-17-8-4-11-22-17)15-18-9-5-12-23-18/h1-9,11-12H,10,13-15H2. The molecule has 0 unspecified atom stereocenters.